The molecule has 2 aliphatic heterocycles. The lowest BCUT2D eigenvalue weighted by Crippen LogP contribution is -2.55. The fourth-order valence-corrected chi connectivity index (χ4v) is 2.82. The number of morpholine rings is 1. The SMILES string of the molecule is CNC(=O)C1COCCN1C(=O)c1ccc2c(c1)CNC2. The minimum absolute atomic E-state index is 0.110. The van der Waals surface area contributed by atoms with Crippen molar-refractivity contribution in [3.8, 4) is 0 Å². The fourth-order valence-electron chi connectivity index (χ4n) is 2.82. The van der Waals surface area contributed by atoms with Crippen LogP contribution in [0, 0.1) is 0 Å². The second kappa shape index (κ2) is 5.83. The topological polar surface area (TPSA) is 70.7 Å². The van der Waals surface area contributed by atoms with Crippen LogP contribution >= 0.6 is 0 Å². The normalized spacial score (nSPS) is 21.0. The highest BCUT2D eigenvalue weighted by atomic mass is 16.5. The summed E-state index contributed by atoms with van der Waals surface area (Å²) in [6, 6.07) is 5.19. The Balaban J connectivity index is 1.84. The summed E-state index contributed by atoms with van der Waals surface area (Å²) in [7, 11) is 1.57. The van der Waals surface area contributed by atoms with Gasteiger partial charge in [-0.3, -0.25) is 9.59 Å². The predicted octanol–water partition coefficient (Wildman–Crippen LogP) is -0.123. The van der Waals surface area contributed by atoms with Gasteiger partial charge in [0, 0.05) is 32.2 Å². The number of hydrogen-bond donors (Lipinski definition) is 2. The highest BCUT2D eigenvalue weighted by Gasteiger charge is 2.33. The highest BCUT2D eigenvalue weighted by molar-refractivity contribution is 5.98. The molecule has 2 N–H and O–H groups in total. The molecular weight excluding hydrogens is 270 g/mol. The van der Waals surface area contributed by atoms with Crippen molar-refractivity contribution in [2.24, 2.45) is 0 Å². The molecule has 0 spiro atoms. The molecule has 1 saturated heterocycles. The van der Waals surface area contributed by atoms with E-state index < -0.39 is 6.04 Å². The van der Waals surface area contributed by atoms with Gasteiger partial charge in [-0.1, -0.05) is 6.07 Å². The smallest absolute Gasteiger partial charge is 0.254 e. The van der Waals surface area contributed by atoms with Gasteiger partial charge in [-0.2, -0.15) is 0 Å². The molecule has 0 bridgehead atoms. The van der Waals surface area contributed by atoms with Gasteiger partial charge in [-0.25, -0.2) is 0 Å². The maximum Gasteiger partial charge on any atom is 0.254 e. The number of rotatable bonds is 2. The molecule has 1 atom stereocenters. The van der Waals surface area contributed by atoms with Crippen molar-refractivity contribution >= 4 is 11.8 Å². The Morgan fingerprint density at radius 3 is 2.95 bits per heavy atom. The summed E-state index contributed by atoms with van der Waals surface area (Å²) in [6.45, 7) is 2.79. The van der Waals surface area contributed by atoms with Gasteiger partial charge < -0.3 is 20.3 Å². The first kappa shape index (κ1) is 14.0. The Morgan fingerprint density at radius 1 is 1.33 bits per heavy atom. The van der Waals surface area contributed by atoms with Crippen molar-refractivity contribution in [2.75, 3.05) is 26.8 Å². The van der Waals surface area contributed by atoms with Crippen LogP contribution in [0.4, 0.5) is 0 Å². The average Bonchev–Trinajstić information content (AvgIpc) is 3.01. The third kappa shape index (κ3) is 2.64. The molecule has 1 aromatic rings. The number of likely N-dealkylation sites (N-methyl/N-ethyl adjacent to an activating group) is 1. The minimum Gasteiger partial charge on any atom is -0.377 e. The number of amides is 2. The number of nitrogens with one attached hydrogen (secondary N) is 2. The monoisotopic (exact) mass is 289 g/mol. The van der Waals surface area contributed by atoms with Crippen molar-refractivity contribution in [1.82, 2.24) is 15.5 Å². The first-order valence-corrected chi connectivity index (χ1v) is 7.13. The number of ether oxygens (including phenoxy) is 1. The lowest BCUT2D eigenvalue weighted by atomic mass is 10.0. The summed E-state index contributed by atoms with van der Waals surface area (Å²) in [5.41, 5.74) is 3.02. The summed E-state index contributed by atoms with van der Waals surface area (Å²) < 4.78 is 5.33. The molecular formula is C15H19N3O3. The first-order chi connectivity index (χ1) is 10.2. The summed E-state index contributed by atoms with van der Waals surface area (Å²) in [5, 5.41) is 5.85. The zero-order valence-corrected chi connectivity index (χ0v) is 12.0. The molecule has 21 heavy (non-hydrogen) atoms. The molecule has 6 heteroatoms. The number of hydrogen-bond acceptors (Lipinski definition) is 4. The fraction of sp³-hybridized carbons (Fsp3) is 0.467. The van der Waals surface area contributed by atoms with E-state index in [0.717, 1.165) is 18.7 Å². The number of fused-ring (bicyclic) bond motifs is 1. The Kier molecular flexibility index (Phi) is 3.90. The first-order valence-electron chi connectivity index (χ1n) is 7.13. The van der Waals surface area contributed by atoms with Gasteiger partial charge >= 0.3 is 0 Å². The number of carbonyl (C=O) groups excluding carboxylic acids is 2. The lowest BCUT2D eigenvalue weighted by Gasteiger charge is -2.34. The molecule has 112 valence electrons. The summed E-state index contributed by atoms with van der Waals surface area (Å²) in [4.78, 5) is 26.2. The van der Waals surface area contributed by atoms with Gasteiger partial charge in [0.15, 0.2) is 0 Å². The minimum atomic E-state index is -0.553. The van der Waals surface area contributed by atoms with E-state index in [1.807, 2.05) is 18.2 Å². The zero-order chi connectivity index (χ0) is 14.8. The average molecular weight is 289 g/mol. The third-order valence-electron chi connectivity index (χ3n) is 4.02. The Labute approximate surface area is 123 Å². The second-order valence-electron chi connectivity index (χ2n) is 5.29. The number of nitrogens with zero attached hydrogens (tertiary/aromatic N) is 1. The molecule has 6 nitrogen and oxygen atoms in total. The highest BCUT2D eigenvalue weighted by Crippen LogP contribution is 2.19. The maximum atomic E-state index is 12.7. The molecule has 1 fully saturated rings. The van der Waals surface area contributed by atoms with E-state index in [9.17, 15) is 9.59 Å². The van der Waals surface area contributed by atoms with E-state index in [1.54, 1.807) is 11.9 Å². The van der Waals surface area contributed by atoms with Crippen molar-refractivity contribution < 1.29 is 14.3 Å². The molecule has 3 rings (SSSR count). The van der Waals surface area contributed by atoms with Crippen molar-refractivity contribution in [1.29, 1.82) is 0 Å². The number of carbonyl (C=O) groups is 2. The molecule has 2 aliphatic rings. The third-order valence-corrected chi connectivity index (χ3v) is 4.02. The summed E-state index contributed by atoms with van der Waals surface area (Å²) in [6.07, 6.45) is 0. The van der Waals surface area contributed by atoms with Crippen LogP contribution in [0.3, 0.4) is 0 Å². The van der Waals surface area contributed by atoms with Crippen LogP contribution in [0.1, 0.15) is 21.5 Å². The second-order valence-corrected chi connectivity index (χ2v) is 5.29. The Morgan fingerprint density at radius 2 is 2.14 bits per heavy atom. The van der Waals surface area contributed by atoms with Crippen molar-refractivity contribution in [2.45, 2.75) is 19.1 Å². The van der Waals surface area contributed by atoms with Crippen LogP contribution in [0.25, 0.3) is 0 Å². The lowest BCUT2D eigenvalue weighted by molar-refractivity contribution is -0.130. The van der Waals surface area contributed by atoms with Gasteiger partial charge in [0.05, 0.1) is 13.2 Å². The molecule has 0 saturated carbocycles. The summed E-state index contributed by atoms with van der Waals surface area (Å²) >= 11 is 0. The van der Waals surface area contributed by atoms with Crippen LogP contribution in [0.15, 0.2) is 18.2 Å². The van der Waals surface area contributed by atoms with E-state index in [1.165, 1.54) is 5.56 Å². The van der Waals surface area contributed by atoms with E-state index in [-0.39, 0.29) is 18.4 Å². The molecule has 1 aromatic carbocycles. The quantitative estimate of drug-likeness (QED) is 0.796. The predicted molar refractivity (Wildman–Crippen MR) is 76.7 cm³/mol. The molecule has 2 heterocycles. The standard InChI is InChI=1S/C15H19N3O3/c1-16-14(19)13-9-21-5-4-18(13)15(20)10-2-3-11-7-17-8-12(11)6-10/h2-3,6,13,17H,4-5,7-9H2,1H3,(H,16,19). The van der Waals surface area contributed by atoms with Crippen LogP contribution in [0.5, 0.6) is 0 Å². The van der Waals surface area contributed by atoms with Gasteiger partial charge in [0.1, 0.15) is 6.04 Å². The van der Waals surface area contributed by atoms with Gasteiger partial charge in [-0.15, -0.1) is 0 Å². The maximum absolute atomic E-state index is 12.7. The van der Waals surface area contributed by atoms with Gasteiger partial charge in [0.25, 0.3) is 5.91 Å². The van der Waals surface area contributed by atoms with Crippen LogP contribution in [-0.4, -0.2) is 49.6 Å². The molecule has 0 radical (unpaired) electrons. The van der Waals surface area contributed by atoms with Crippen molar-refractivity contribution in [3.63, 3.8) is 0 Å². The van der Waals surface area contributed by atoms with Crippen LogP contribution < -0.4 is 10.6 Å². The largest absolute Gasteiger partial charge is 0.377 e. The number of benzene rings is 1. The molecule has 2 amide bonds. The van der Waals surface area contributed by atoms with Gasteiger partial charge in [-0.05, 0) is 23.3 Å². The molecule has 0 aliphatic carbocycles. The van der Waals surface area contributed by atoms with Crippen LogP contribution in [0.2, 0.25) is 0 Å². The van der Waals surface area contributed by atoms with Crippen molar-refractivity contribution in [3.05, 3.63) is 34.9 Å². The van der Waals surface area contributed by atoms with E-state index in [0.29, 0.717) is 18.7 Å². The summed E-state index contributed by atoms with van der Waals surface area (Å²) in [5.74, 6) is -0.299. The zero-order valence-electron chi connectivity index (χ0n) is 12.0. The van der Waals surface area contributed by atoms with Gasteiger partial charge in [0.2, 0.25) is 5.91 Å². The Bertz CT molecular complexity index is 573. The molecule has 0 aromatic heterocycles. The Hall–Kier alpha value is -1.92. The van der Waals surface area contributed by atoms with Crippen LogP contribution in [-0.2, 0) is 22.6 Å². The molecule has 1 unspecified atom stereocenters. The van der Waals surface area contributed by atoms with E-state index in [2.05, 4.69) is 10.6 Å². The van der Waals surface area contributed by atoms with E-state index in [4.69, 9.17) is 4.74 Å². The van der Waals surface area contributed by atoms with E-state index >= 15 is 0 Å².